The highest BCUT2D eigenvalue weighted by molar-refractivity contribution is 7.11. The van der Waals surface area contributed by atoms with E-state index in [2.05, 4.69) is 0 Å². The van der Waals surface area contributed by atoms with Crippen molar-refractivity contribution in [3.63, 3.8) is 0 Å². The van der Waals surface area contributed by atoms with Crippen molar-refractivity contribution in [1.82, 2.24) is 0 Å². The molecule has 61 valence electrons. The molecule has 1 radical (unpaired) electrons. The lowest BCUT2D eigenvalue weighted by atomic mass is 10.1. The van der Waals surface area contributed by atoms with E-state index in [-0.39, 0.29) is 5.78 Å². The maximum absolute atomic E-state index is 11.0. The van der Waals surface area contributed by atoms with E-state index in [1.807, 2.05) is 11.4 Å². The lowest BCUT2D eigenvalue weighted by Crippen LogP contribution is -1.93. The molecule has 0 atom stereocenters. The van der Waals surface area contributed by atoms with Gasteiger partial charge in [0.1, 0.15) is 0 Å². The molecule has 3 heteroatoms. The molecule has 0 saturated carbocycles. The largest absolute Gasteiger partial charge is 0.294 e. The molecule has 12 heavy (non-hydrogen) atoms. The zero-order chi connectivity index (χ0) is 8.97. The van der Waals surface area contributed by atoms with E-state index in [1.54, 1.807) is 12.4 Å². The van der Waals surface area contributed by atoms with Crippen LogP contribution in [-0.4, -0.2) is 12.1 Å². The Morgan fingerprint density at radius 2 is 2.42 bits per heavy atom. The van der Waals surface area contributed by atoms with Crippen molar-refractivity contribution in [1.29, 1.82) is 0 Å². The van der Waals surface area contributed by atoms with Crippen LogP contribution in [0.15, 0.2) is 23.6 Å². The summed E-state index contributed by atoms with van der Waals surface area (Å²) in [5, 5.41) is 1.86. The minimum Gasteiger partial charge on any atom is -0.294 e. The number of thiophene rings is 1. The molecule has 0 aliphatic carbocycles. The fraction of sp³-hybridized carbons (Fsp3) is 0.111. The summed E-state index contributed by atoms with van der Waals surface area (Å²) in [4.78, 5) is 21.9. The van der Waals surface area contributed by atoms with Crippen LogP contribution in [0.25, 0.3) is 5.57 Å². The van der Waals surface area contributed by atoms with Crippen molar-refractivity contribution in [3.8, 4) is 0 Å². The van der Waals surface area contributed by atoms with Gasteiger partial charge in [0.05, 0.1) is 0 Å². The summed E-state index contributed by atoms with van der Waals surface area (Å²) in [7, 11) is 0. The van der Waals surface area contributed by atoms with Crippen LogP contribution in [-0.2, 0) is 9.59 Å². The third-order valence-electron chi connectivity index (χ3n) is 1.37. The van der Waals surface area contributed by atoms with Crippen molar-refractivity contribution in [3.05, 3.63) is 28.5 Å². The highest BCUT2D eigenvalue weighted by Crippen LogP contribution is 2.20. The first-order valence-corrected chi connectivity index (χ1v) is 4.26. The second-order valence-electron chi connectivity index (χ2n) is 2.21. The fourth-order valence-electron chi connectivity index (χ4n) is 0.837. The first-order chi connectivity index (χ1) is 5.75. The molecule has 0 aliphatic rings. The Labute approximate surface area is 74.5 Å². The second-order valence-corrected chi connectivity index (χ2v) is 3.16. The lowest BCUT2D eigenvalue weighted by molar-refractivity contribution is -0.111. The average Bonchev–Trinajstić information content (AvgIpc) is 2.51. The van der Waals surface area contributed by atoms with E-state index < -0.39 is 0 Å². The van der Waals surface area contributed by atoms with E-state index >= 15 is 0 Å². The summed E-state index contributed by atoms with van der Waals surface area (Å²) >= 11 is 1.43. The topological polar surface area (TPSA) is 34.1 Å². The normalized spacial score (nSPS) is 11.2. The summed E-state index contributed by atoms with van der Waals surface area (Å²) in [6.45, 7) is 1.43. The van der Waals surface area contributed by atoms with Gasteiger partial charge >= 0.3 is 0 Å². The molecular weight excluding hydrogens is 172 g/mol. The molecule has 1 rings (SSSR count). The predicted molar refractivity (Wildman–Crippen MR) is 48.7 cm³/mol. The van der Waals surface area contributed by atoms with Gasteiger partial charge in [-0.1, -0.05) is 6.07 Å². The van der Waals surface area contributed by atoms with Gasteiger partial charge in [-0.05, 0) is 18.4 Å². The van der Waals surface area contributed by atoms with Crippen LogP contribution in [0.4, 0.5) is 0 Å². The van der Waals surface area contributed by atoms with E-state index in [0.717, 1.165) is 4.88 Å². The van der Waals surface area contributed by atoms with Gasteiger partial charge in [-0.3, -0.25) is 9.59 Å². The zero-order valence-corrected chi connectivity index (χ0v) is 7.35. The molecule has 1 aromatic rings. The molecule has 0 aliphatic heterocycles. The number of carbonyl (C=O) groups excluding carboxylic acids is 2. The van der Waals surface area contributed by atoms with Crippen LogP contribution >= 0.6 is 11.3 Å². The summed E-state index contributed by atoms with van der Waals surface area (Å²) in [6, 6.07) is 3.64. The molecule has 0 bridgehead atoms. The Hall–Kier alpha value is -1.22. The zero-order valence-electron chi connectivity index (χ0n) is 6.53. The Bertz CT molecular complexity index is 309. The van der Waals surface area contributed by atoms with Crippen molar-refractivity contribution >= 4 is 29.0 Å². The molecular formula is C9H7O2S. The molecule has 0 unspecified atom stereocenters. The maximum Gasteiger partial charge on any atom is 0.226 e. The first-order valence-electron chi connectivity index (χ1n) is 3.38. The van der Waals surface area contributed by atoms with E-state index in [0.29, 0.717) is 5.57 Å². The fourth-order valence-corrected chi connectivity index (χ4v) is 1.63. The molecule has 0 amide bonds. The van der Waals surface area contributed by atoms with Crippen molar-refractivity contribution in [2.24, 2.45) is 0 Å². The van der Waals surface area contributed by atoms with Crippen LogP contribution in [0, 0.1) is 0 Å². The molecule has 0 N–H and O–H groups in total. The van der Waals surface area contributed by atoms with Gasteiger partial charge in [-0.2, -0.15) is 0 Å². The maximum atomic E-state index is 11.0. The number of carbonyl (C=O) groups is 1. The SMILES string of the molecule is CC(=O)C(=C[C]=O)c1cccs1. The number of rotatable bonds is 3. The Morgan fingerprint density at radius 1 is 1.67 bits per heavy atom. The minimum absolute atomic E-state index is 0.110. The van der Waals surface area contributed by atoms with E-state index in [1.165, 1.54) is 24.3 Å². The lowest BCUT2D eigenvalue weighted by Gasteiger charge is -1.95. The first kappa shape index (κ1) is 8.87. The van der Waals surface area contributed by atoms with Gasteiger partial charge < -0.3 is 0 Å². The average molecular weight is 179 g/mol. The van der Waals surface area contributed by atoms with Crippen molar-refractivity contribution < 1.29 is 9.59 Å². The van der Waals surface area contributed by atoms with Gasteiger partial charge in [0.2, 0.25) is 6.29 Å². The molecule has 0 spiro atoms. The third-order valence-corrected chi connectivity index (χ3v) is 2.27. The van der Waals surface area contributed by atoms with Gasteiger partial charge in [-0.25, -0.2) is 0 Å². The molecule has 1 heterocycles. The van der Waals surface area contributed by atoms with Crippen LogP contribution in [0.1, 0.15) is 11.8 Å². The van der Waals surface area contributed by atoms with Crippen molar-refractivity contribution in [2.75, 3.05) is 0 Å². The highest BCUT2D eigenvalue weighted by atomic mass is 32.1. The highest BCUT2D eigenvalue weighted by Gasteiger charge is 2.06. The van der Waals surface area contributed by atoms with Crippen LogP contribution in [0.3, 0.4) is 0 Å². The Balaban J connectivity index is 3.04. The smallest absolute Gasteiger partial charge is 0.226 e. The minimum atomic E-state index is -0.110. The summed E-state index contributed by atoms with van der Waals surface area (Å²) < 4.78 is 0. The number of Topliss-reactive ketones (excluding diaryl/α,β-unsaturated/α-hetero) is 1. The Morgan fingerprint density at radius 3 is 2.83 bits per heavy atom. The second kappa shape index (κ2) is 3.97. The summed E-state index contributed by atoms with van der Waals surface area (Å²) in [5.74, 6) is -0.110. The van der Waals surface area contributed by atoms with Crippen LogP contribution in [0.5, 0.6) is 0 Å². The summed E-state index contributed by atoms with van der Waals surface area (Å²) in [6.07, 6.45) is 2.79. The van der Waals surface area contributed by atoms with Gasteiger partial charge in [0.15, 0.2) is 5.78 Å². The molecule has 1 aromatic heterocycles. The van der Waals surface area contributed by atoms with Gasteiger partial charge in [0, 0.05) is 16.5 Å². The Kier molecular flexibility index (Phi) is 2.94. The summed E-state index contributed by atoms with van der Waals surface area (Å²) in [5.41, 5.74) is 0.431. The van der Waals surface area contributed by atoms with Gasteiger partial charge in [-0.15, -0.1) is 11.3 Å². The standard InChI is InChI=1S/C9H7O2S/c1-7(11)8(4-5-10)9-3-2-6-12-9/h2-4,6H,1H3. The van der Waals surface area contributed by atoms with Crippen LogP contribution in [0.2, 0.25) is 0 Å². The van der Waals surface area contributed by atoms with E-state index in [4.69, 9.17) is 0 Å². The monoisotopic (exact) mass is 179 g/mol. The molecule has 0 saturated heterocycles. The molecule has 0 aromatic carbocycles. The van der Waals surface area contributed by atoms with Crippen LogP contribution < -0.4 is 0 Å². The number of ketones is 1. The van der Waals surface area contributed by atoms with Crippen molar-refractivity contribution in [2.45, 2.75) is 6.92 Å². The van der Waals surface area contributed by atoms with E-state index in [9.17, 15) is 9.59 Å². The predicted octanol–water partition coefficient (Wildman–Crippen LogP) is 1.83. The van der Waals surface area contributed by atoms with Gasteiger partial charge in [0.25, 0.3) is 0 Å². The number of hydrogen-bond donors (Lipinski definition) is 0. The quantitative estimate of drug-likeness (QED) is 0.663. The number of allylic oxidation sites excluding steroid dienone is 2. The third kappa shape index (κ3) is 1.89. The molecule has 0 fully saturated rings. The number of hydrogen-bond acceptors (Lipinski definition) is 3. The molecule has 2 nitrogen and oxygen atoms in total.